The Morgan fingerprint density at radius 2 is 1.86 bits per heavy atom. The lowest BCUT2D eigenvalue weighted by Crippen LogP contribution is -2.53. The molecule has 0 aliphatic carbocycles. The summed E-state index contributed by atoms with van der Waals surface area (Å²) in [5.74, 6) is -2.41. The molecule has 1 aliphatic rings. The summed E-state index contributed by atoms with van der Waals surface area (Å²) in [5.41, 5.74) is 0.799. The number of aliphatic hydroxyl groups is 1. The van der Waals surface area contributed by atoms with Crippen molar-refractivity contribution >= 4 is 34.7 Å². The highest BCUT2D eigenvalue weighted by atomic mass is 16.5. The fourth-order valence-electron chi connectivity index (χ4n) is 4.95. The van der Waals surface area contributed by atoms with Crippen molar-refractivity contribution in [3.05, 3.63) is 36.0 Å². The summed E-state index contributed by atoms with van der Waals surface area (Å²) in [7, 11) is 0. The fourth-order valence-corrected chi connectivity index (χ4v) is 4.95. The van der Waals surface area contributed by atoms with E-state index in [0.29, 0.717) is 62.0 Å². The Morgan fingerprint density at radius 3 is 2.56 bits per heavy atom. The smallest absolute Gasteiger partial charge is 0.326 e. The molecule has 2 amide bonds. The number of benzene rings is 1. The van der Waals surface area contributed by atoms with E-state index < -0.39 is 42.1 Å². The highest BCUT2D eigenvalue weighted by Gasteiger charge is 2.36. The number of aromatic nitrogens is 1. The molecule has 4 atom stereocenters. The number of hydrogen-bond donors (Lipinski definition) is 6. The number of ether oxygens (including phenoxy) is 1. The summed E-state index contributed by atoms with van der Waals surface area (Å²) in [4.78, 5) is 54.4. The van der Waals surface area contributed by atoms with Crippen LogP contribution in [0.1, 0.15) is 63.4 Å². The van der Waals surface area contributed by atoms with E-state index >= 15 is 0 Å². The molecule has 13 heteroatoms. The van der Waals surface area contributed by atoms with Crippen molar-refractivity contribution in [2.24, 2.45) is 0 Å². The van der Waals surface area contributed by atoms with E-state index in [1.807, 2.05) is 13.8 Å². The maximum atomic E-state index is 12.7. The fraction of sp³-hybridized carbons (Fsp3) is 0.567. The van der Waals surface area contributed by atoms with E-state index in [1.165, 1.54) is 11.8 Å². The summed E-state index contributed by atoms with van der Waals surface area (Å²) in [6, 6.07) is 6.19. The Labute approximate surface area is 251 Å². The minimum atomic E-state index is -1.11. The van der Waals surface area contributed by atoms with Gasteiger partial charge in [-0.2, -0.15) is 0 Å². The monoisotopic (exact) mass is 601 g/mol. The number of amides is 2. The predicted octanol–water partition coefficient (Wildman–Crippen LogP) is 1.38. The third-order valence-electron chi connectivity index (χ3n) is 7.26. The molecule has 0 bridgehead atoms. The second-order valence-electron chi connectivity index (χ2n) is 11.1. The normalized spacial score (nSPS) is 17.0. The van der Waals surface area contributed by atoms with Crippen LogP contribution in [-0.4, -0.2) is 105 Å². The van der Waals surface area contributed by atoms with Gasteiger partial charge in [-0.15, -0.1) is 0 Å². The van der Waals surface area contributed by atoms with Crippen LogP contribution in [0, 0.1) is 0 Å². The molecule has 1 saturated heterocycles. The van der Waals surface area contributed by atoms with Crippen LogP contribution in [0.5, 0.6) is 5.75 Å². The zero-order chi connectivity index (χ0) is 31.5. The Hall–Kier alpha value is -3.81. The second-order valence-corrected chi connectivity index (χ2v) is 11.1. The zero-order valence-corrected chi connectivity index (χ0v) is 24.9. The summed E-state index contributed by atoms with van der Waals surface area (Å²) in [5, 5.41) is 38.6. The van der Waals surface area contributed by atoms with Crippen molar-refractivity contribution < 1.29 is 39.2 Å². The van der Waals surface area contributed by atoms with Gasteiger partial charge in [0, 0.05) is 31.1 Å². The van der Waals surface area contributed by atoms with E-state index in [1.54, 1.807) is 30.3 Å². The number of aliphatic carboxylic acids is 2. The highest BCUT2D eigenvalue weighted by Crippen LogP contribution is 2.25. The van der Waals surface area contributed by atoms with Gasteiger partial charge in [-0.1, -0.05) is 19.9 Å². The van der Waals surface area contributed by atoms with E-state index in [-0.39, 0.29) is 30.7 Å². The molecule has 236 valence electrons. The van der Waals surface area contributed by atoms with Gasteiger partial charge < -0.3 is 35.6 Å². The average molecular weight is 602 g/mol. The number of carbonyl (C=O) groups is 4. The van der Waals surface area contributed by atoms with Crippen molar-refractivity contribution in [1.82, 2.24) is 25.8 Å². The summed E-state index contributed by atoms with van der Waals surface area (Å²) in [6.45, 7) is 6.68. The minimum Gasteiger partial charge on any atom is -0.490 e. The number of nitrogens with zero attached hydrogens (tertiary/aromatic N) is 2. The van der Waals surface area contributed by atoms with Crippen LogP contribution in [0.4, 0.5) is 0 Å². The lowest BCUT2D eigenvalue weighted by molar-refractivity contribution is -0.149. The van der Waals surface area contributed by atoms with Crippen LogP contribution >= 0.6 is 0 Å². The van der Waals surface area contributed by atoms with Gasteiger partial charge in [0.1, 0.15) is 36.2 Å². The standard InChI is InChI=1S/C30H43N5O8/c1-18(2)32-16-20(36)17-43-26-11-6-9-22-21(26)12-13-23(34-22)27(37)31-14-5-4-8-24(29(39)40)33-19(3)28(38)35-15-7-10-25(35)30(41)42/h6,9,11-13,18-20,24-25,32-33,36H,4-5,7-8,10,14-17H2,1-3H3,(H,31,37)(H,39,40)(H,41,42). The topological polar surface area (TPSA) is 190 Å². The number of rotatable bonds is 17. The van der Waals surface area contributed by atoms with Crippen molar-refractivity contribution in [2.45, 2.75) is 83.1 Å². The number of carbonyl (C=O) groups excluding carboxylic acids is 2. The number of likely N-dealkylation sites (tertiary alicyclic amines) is 1. The Bertz CT molecular complexity index is 1270. The third kappa shape index (κ3) is 9.87. The van der Waals surface area contributed by atoms with E-state index in [9.17, 15) is 34.5 Å². The third-order valence-corrected chi connectivity index (χ3v) is 7.26. The van der Waals surface area contributed by atoms with Crippen LogP contribution in [0.3, 0.4) is 0 Å². The van der Waals surface area contributed by atoms with Crippen molar-refractivity contribution in [3.8, 4) is 5.75 Å². The molecular weight excluding hydrogens is 558 g/mol. The molecule has 1 aromatic carbocycles. The SMILES string of the molecule is CC(C)NCC(O)COc1cccc2nc(C(=O)NCCCCC(NC(C)C(=O)N3CCCC3C(=O)O)C(=O)O)ccc12. The van der Waals surface area contributed by atoms with Crippen LogP contribution in [0.2, 0.25) is 0 Å². The van der Waals surface area contributed by atoms with Crippen LogP contribution in [0.15, 0.2) is 30.3 Å². The first-order valence-corrected chi connectivity index (χ1v) is 14.7. The molecule has 1 fully saturated rings. The molecule has 3 rings (SSSR count). The number of nitrogens with one attached hydrogen (secondary N) is 3. The van der Waals surface area contributed by atoms with Gasteiger partial charge in [0.2, 0.25) is 5.91 Å². The first kappa shape index (κ1) is 33.7. The maximum Gasteiger partial charge on any atom is 0.326 e. The molecule has 4 unspecified atom stereocenters. The van der Waals surface area contributed by atoms with Gasteiger partial charge in [0.15, 0.2) is 0 Å². The number of pyridine rings is 1. The number of unbranched alkanes of at least 4 members (excludes halogenated alkanes) is 1. The average Bonchev–Trinajstić information content (AvgIpc) is 3.47. The molecule has 2 aromatic rings. The molecular formula is C30H43N5O8. The highest BCUT2D eigenvalue weighted by molar-refractivity contribution is 5.96. The van der Waals surface area contributed by atoms with E-state index in [0.717, 1.165) is 0 Å². The lowest BCUT2D eigenvalue weighted by atomic mass is 10.1. The van der Waals surface area contributed by atoms with Gasteiger partial charge in [-0.05, 0) is 63.3 Å². The maximum absolute atomic E-state index is 12.7. The largest absolute Gasteiger partial charge is 0.490 e. The molecule has 1 aliphatic heterocycles. The first-order valence-electron chi connectivity index (χ1n) is 14.7. The van der Waals surface area contributed by atoms with Gasteiger partial charge in [-0.3, -0.25) is 19.7 Å². The van der Waals surface area contributed by atoms with Crippen molar-refractivity contribution in [1.29, 1.82) is 0 Å². The molecule has 13 nitrogen and oxygen atoms in total. The molecule has 2 heterocycles. The van der Waals surface area contributed by atoms with Crippen molar-refractivity contribution in [3.63, 3.8) is 0 Å². The number of carboxylic acid groups (broad SMARTS) is 2. The van der Waals surface area contributed by atoms with Crippen molar-refractivity contribution in [2.75, 3.05) is 26.2 Å². The summed E-state index contributed by atoms with van der Waals surface area (Å²) in [6.07, 6.45) is 1.50. The quantitative estimate of drug-likeness (QED) is 0.144. The van der Waals surface area contributed by atoms with Gasteiger partial charge in [0.05, 0.1) is 11.6 Å². The van der Waals surface area contributed by atoms with E-state index in [2.05, 4.69) is 20.9 Å². The predicted molar refractivity (Wildman–Crippen MR) is 159 cm³/mol. The van der Waals surface area contributed by atoms with Crippen LogP contribution < -0.4 is 20.7 Å². The number of aliphatic hydroxyl groups excluding tert-OH is 1. The van der Waals surface area contributed by atoms with Gasteiger partial charge in [-0.25, -0.2) is 9.78 Å². The molecule has 43 heavy (non-hydrogen) atoms. The number of fused-ring (bicyclic) bond motifs is 1. The number of carboxylic acids is 2. The Kier molecular flexibility index (Phi) is 12.7. The number of hydrogen-bond acceptors (Lipinski definition) is 9. The molecule has 6 N–H and O–H groups in total. The minimum absolute atomic E-state index is 0.109. The molecule has 0 saturated carbocycles. The Morgan fingerprint density at radius 1 is 1.09 bits per heavy atom. The molecule has 0 radical (unpaired) electrons. The van der Waals surface area contributed by atoms with Gasteiger partial charge in [0.25, 0.3) is 5.91 Å². The zero-order valence-electron chi connectivity index (χ0n) is 24.9. The molecule has 1 aromatic heterocycles. The Balaban J connectivity index is 1.45. The first-order chi connectivity index (χ1) is 20.5. The lowest BCUT2D eigenvalue weighted by Gasteiger charge is -2.27. The molecule has 0 spiro atoms. The summed E-state index contributed by atoms with van der Waals surface area (Å²) >= 11 is 0. The van der Waals surface area contributed by atoms with Crippen LogP contribution in [-0.2, 0) is 14.4 Å². The second kappa shape index (κ2) is 16.1. The summed E-state index contributed by atoms with van der Waals surface area (Å²) < 4.78 is 5.80. The van der Waals surface area contributed by atoms with Gasteiger partial charge >= 0.3 is 11.9 Å². The van der Waals surface area contributed by atoms with E-state index in [4.69, 9.17) is 4.74 Å². The van der Waals surface area contributed by atoms with Crippen LogP contribution in [0.25, 0.3) is 10.9 Å².